The Morgan fingerprint density at radius 2 is 0.958 bits per heavy atom. The summed E-state index contributed by atoms with van der Waals surface area (Å²) in [5, 5.41) is 0. The van der Waals surface area contributed by atoms with Crippen molar-refractivity contribution >= 4 is 11.9 Å². The summed E-state index contributed by atoms with van der Waals surface area (Å²) < 4.78 is 9.97. The zero-order valence-corrected chi connectivity index (χ0v) is 15.7. The van der Waals surface area contributed by atoms with Gasteiger partial charge in [0.25, 0.3) is 0 Å². The predicted octanol–water partition coefficient (Wildman–Crippen LogP) is 5.35. The summed E-state index contributed by atoms with van der Waals surface area (Å²) in [6.45, 7) is 5.08. The molecule has 0 spiro atoms. The monoisotopic (exact) mass is 340 g/mol. The molecule has 0 saturated carbocycles. The number of ether oxygens (including phenoxy) is 2. The highest BCUT2D eigenvalue weighted by molar-refractivity contribution is 5.91. The second kappa shape index (κ2) is 18.0. The lowest BCUT2D eigenvalue weighted by molar-refractivity contribution is -0.140. The number of unbranched alkanes of at least 4 members (excludes halogenated alkanes) is 10. The number of carbonyl (C=O) groups is 2. The van der Waals surface area contributed by atoms with Crippen molar-refractivity contribution in [2.75, 3.05) is 13.2 Å². The Kier molecular flexibility index (Phi) is 17.0. The molecule has 24 heavy (non-hydrogen) atoms. The topological polar surface area (TPSA) is 52.6 Å². The lowest BCUT2D eigenvalue weighted by Gasteiger charge is -2.03. The first kappa shape index (κ1) is 22.7. The summed E-state index contributed by atoms with van der Waals surface area (Å²) in [5.41, 5.74) is 0. The third-order valence-corrected chi connectivity index (χ3v) is 3.84. The Morgan fingerprint density at radius 1 is 0.583 bits per heavy atom. The zero-order valence-electron chi connectivity index (χ0n) is 15.7. The van der Waals surface area contributed by atoms with Crippen molar-refractivity contribution in [1.82, 2.24) is 0 Å². The Hall–Kier alpha value is -1.32. The SMILES string of the molecule is CCCCCCCCCCCCOC(=O)/C=C\C(=O)OCCCC. The minimum Gasteiger partial charge on any atom is -0.463 e. The molecule has 0 aromatic heterocycles. The van der Waals surface area contributed by atoms with E-state index in [2.05, 4.69) is 6.92 Å². The third kappa shape index (κ3) is 17.0. The van der Waals surface area contributed by atoms with Crippen LogP contribution in [0.2, 0.25) is 0 Å². The molecule has 0 heterocycles. The van der Waals surface area contributed by atoms with E-state index in [1.807, 2.05) is 6.92 Å². The van der Waals surface area contributed by atoms with Crippen LogP contribution in [-0.4, -0.2) is 25.2 Å². The van der Waals surface area contributed by atoms with Crippen LogP contribution in [0.4, 0.5) is 0 Å². The van der Waals surface area contributed by atoms with Gasteiger partial charge in [-0.1, -0.05) is 78.1 Å². The smallest absolute Gasteiger partial charge is 0.331 e. The van der Waals surface area contributed by atoms with Gasteiger partial charge in [-0.05, 0) is 12.8 Å². The van der Waals surface area contributed by atoms with Gasteiger partial charge < -0.3 is 9.47 Å². The normalized spacial score (nSPS) is 10.9. The highest BCUT2D eigenvalue weighted by atomic mass is 16.5. The molecule has 0 aliphatic heterocycles. The summed E-state index contributed by atoms with van der Waals surface area (Å²) >= 11 is 0. The quantitative estimate of drug-likeness (QED) is 0.216. The summed E-state index contributed by atoms with van der Waals surface area (Å²) in [5.74, 6) is -0.960. The van der Waals surface area contributed by atoms with Gasteiger partial charge in [-0.2, -0.15) is 0 Å². The zero-order chi connectivity index (χ0) is 17.9. The van der Waals surface area contributed by atoms with E-state index in [1.54, 1.807) is 0 Å². The first-order valence-corrected chi connectivity index (χ1v) is 9.72. The highest BCUT2D eigenvalue weighted by Gasteiger charge is 2.01. The molecule has 0 radical (unpaired) electrons. The first-order chi connectivity index (χ1) is 11.7. The van der Waals surface area contributed by atoms with Crippen LogP contribution in [0.15, 0.2) is 12.2 Å². The van der Waals surface area contributed by atoms with Gasteiger partial charge in [-0.3, -0.25) is 0 Å². The maximum atomic E-state index is 11.4. The second-order valence-electron chi connectivity index (χ2n) is 6.20. The Labute approximate surface area is 148 Å². The average Bonchev–Trinajstić information content (AvgIpc) is 2.58. The molecule has 0 atom stereocenters. The standard InChI is InChI=1S/C20H36O4/c1-3-5-7-8-9-10-11-12-13-14-18-24-20(22)16-15-19(21)23-17-6-4-2/h15-16H,3-14,17-18H2,1-2H3/b16-15-. The van der Waals surface area contributed by atoms with E-state index in [-0.39, 0.29) is 0 Å². The van der Waals surface area contributed by atoms with Crippen LogP contribution >= 0.6 is 0 Å². The van der Waals surface area contributed by atoms with Crippen LogP contribution in [-0.2, 0) is 19.1 Å². The largest absolute Gasteiger partial charge is 0.463 e. The van der Waals surface area contributed by atoms with Gasteiger partial charge in [0, 0.05) is 12.2 Å². The molecule has 140 valence electrons. The van der Waals surface area contributed by atoms with E-state index in [0.717, 1.165) is 37.8 Å². The summed E-state index contributed by atoms with van der Waals surface area (Å²) in [6, 6.07) is 0. The molecule has 0 fully saturated rings. The van der Waals surface area contributed by atoms with Crippen molar-refractivity contribution in [3.05, 3.63) is 12.2 Å². The molecule has 0 aromatic carbocycles. The van der Waals surface area contributed by atoms with Crippen LogP contribution in [0.3, 0.4) is 0 Å². The highest BCUT2D eigenvalue weighted by Crippen LogP contribution is 2.10. The van der Waals surface area contributed by atoms with Gasteiger partial charge >= 0.3 is 11.9 Å². The predicted molar refractivity (Wildman–Crippen MR) is 97.8 cm³/mol. The van der Waals surface area contributed by atoms with E-state index in [0.29, 0.717) is 13.2 Å². The van der Waals surface area contributed by atoms with Crippen LogP contribution in [0.1, 0.15) is 90.9 Å². The number of esters is 2. The molecular weight excluding hydrogens is 304 g/mol. The molecule has 4 heteroatoms. The molecular formula is C20H36O4. The maximum absolute atomic E-state index is 11.4. The summed E-state index contributed by atoms with van der Waals surface area (Å²) in [4.78, 5) is 22.7. The van der Waals surface area contributed by atoms with E-state index >= 15 is 0 Å². The van der Waals surface area contributed by atoms with E-state index in [9.17, 15) is 9.59 Å². The molecule has 0 aliphatic rings. The van der Waals surface area contributed by atoms with Crippen molar-refractivity contribution in [3.63, 3.8) is 0 Å². The van der Waals surface area contributed by atoms with Gasteiger partial charge in [-0.15, -0.1) is 0 Å². The van der Waals surface area contributed by atoms with E-state index < -0.39 is 11.9 Å². The van der Waals surface area contributed by atoms with Crippen molar-refractivity contribution in [3.8, 4) is 0 Å². The fourth-order valence-corrected chi connectivity index (χ4v) is 2.31. The number of hydrogen-bond donors (Lipinski definition) is 0. The summed E-state index contributed by atoms with van der Waals surface area (Å²) in [6.07, 6.45) is 16.6. The number of rotatable bonds is 16. The van der Waals surface area contributed by atoms with Gasteiger partial charge in [0.1, 0.15) is 0 Å². The van der Waals surface area contributed by atoms with E-state index in [1.165, 1.54) is 51.4 Å². The van der Waals surface area contributed by atoms with Crippen molar-refractivity contribution in [2.24, 2.45) is 0 Å². The number of carbonyl (C=O) groups excluding carboxylic acids is 2. The first-order valence-electron chi connectivity index (χ1n) is 9.72. The minimum absolute atomic E-state index is 0.396. The molecule has 0 aromatic rings. The molecule has 0 saturated heterocycles. The fourth-order valence-electron chi connectivity index (χ4n) is 2.31. The van der Waals surface area contributed by atoms with Gasteiger partial charge in [0.15, 0.2) is 0 Å². The Bertz CT molecular complexity index is 337. The molecule has 0 bridgehead atoms. The second-order valence-corrected chi connectivity index (χ2v) is 6.20. The summed E-state index contributed by atoms with van der Waals surface area (Å²) in [7, 11) is 0. The third-order valence-electron chi connectivity index (χ3n) is 3.84. The van der Waals surface area contributed by atoms with Crippen molar-refractivity contribution in [1.29, 1.82) is 0 Å². The molecule has 0 aliphatic carbocycles. The Balaban J connectivity index is 3.38. The molecule has 0 amide bonds. The van der Waals surface area contributed by atoms with Gasteiger partial charge in [0.2, 0.25) is 0 Å². The van der Waals surface area contributed by atoms with Crippen LogP contribution in [0, 0.1) is 0 Å². The Morgan fingerprint density at radius 3 is 1.42 bits per heavy atom. The lowest BCUT2D eigenvalue weighted by atomic mass is 10.1. The minimum atomic E-state index is -0.487. The lowest BCUT2D eigenvalue weighted by Crippen LogP contribution is -2.06. The van der Waals surface area contributed by atoms with Crippen molar-refractivity contribution in [2.45, 2.75) is 90.9 Å². The molecule has 4 nitrogen and oxygen atoms in total. The van der Waals surface area contributed by atoms with Crippen molar-refractivity contribution < 1.29 is 19.1 Å². The molecule has 0 N–H and O–H groups in total. The van der Waals surface area contributed by atoms with Crippen LogP contribution in [0.25, 0.3) is 0 Å². The van der Waals surface area contributed by atoms with Crippen LogP contribution < -0.4 is 0 Å². The van der Waals surface area contributed by atoms with Gasteiger partial charge in [0.05, 0.1) is 13.2 Å². The van der Waals surface area contributed by atoms with E-state index in [4.69, 9.17) is 9.47 Å². The average molecular weight is 341 g/mol. The maximum Gasteiger partial charge on any atom is 0.331 e. The molecule has 0 rings (SSSR count). The number of hydrogen-bond acceptors (Lipinski definition) is 4. The molecule has 0 unspecified atom stereocenters. The van der Waals surface area contributed by atoms with Gasteiger partial charge in [-0.25, -0.2) is 9.59 Å². The van der Waals surface area contributed by atoms with Crippen LogP contribution in [0.5, 0.6) is 0 Å². The fraction of sp³-hybridized carbons (Fsp3) is 0.800.